The quantitative estimate of drug-likeness (QED) is 0.254. The fourth-order valence-electron chi connectivity index (χ4n) is 4.28. The Morgan fingerprint density at radius 2 is 1.97 bits per heavy atom. The number of aryl methyl sites for hydroxylation is 1. The minimum Gasteiger partial charge on any atom is -0.493 e. The first-order valence-corrected chi connectivity index (χ1v) is 12.5. The highest BCUT2D eigenvalue weighted by Gasteiger charge is 2.22. The fourth-order valence-corrected chi connectivity index (χ4v) is 5.29. The summed E-state index contributed by atoms with van der Waals surface area (Å²) in [5, 5.41) is 1.26. The summed E-state index contributed by atoms with van der Waals surface area (Å²) in [4.78, 5) is 22.9. The molecular weight excluding hydrogens is 466 g/mol. The van der Waals surface area contributed by atoms with Gasteiger partial charge < -0.3 is 18.6 Å². The Labute approximate surface area is 207 Å². The van der Waals surface area contributed by atoms with Crippen LogP contribution >= 0.6 is 11.8 Å². The van der Waals surface area contributed by atoms with Crippen molar-refractivity contribution >= 4 is 22.7 Å². The van der Waals surface area contributed by atoms with Gasteiger partial charge in [-0.2, -0.15) is 0 Å². The van der Waals surface area contributed by atoms with Crippen molar-refractivity contribution in [3.05, 3.63) is 64.3 Å². The van der Waals surface area contributed by atoms with E-state index in [0.29, 0.717) is 57.1 Å². The molecule has 9 heteroatoms. The van der Waals surface area contributed by atoms with E-state index in [9.17, 15) is 4.79 Å². The topological polar surface area (TPSA) is 88.6 Å². The standard InChI is InChI=1S/C26H27N3O5S/c1-16-21(27-24(34-16)19-10-6-12-22(31-2)23(19)32-3)15-35-26-28-20-11-5-4-9-18(20)25(30)29(26)14-17-8-7-13-33-17/h4-6,9-12,17H,7-8,13-15H2,1-3H3/t17-/m0/s1. The molecule has 1 atom stereocenters. The van der Waals surface area contributed by atoms with Gasteiger partial charge in [-0.15, -0.1) is 0 Å². The summed E-state index contributed by atoms with van der Waals surface area (Å²) in [6.45, 7) is 3.10. The second-order valence-electron chi connectivity index (χ2n) is 8.31. The highest BCUT2D eigenvalue weighted by Crippen LogP contribution is 2.38. The molecule has 5 rings (SSSR count). The molecule has 2 aromatic carbocycles. The van der Waals surface area contributed by atoms with Gasteiger partial charge in [0.1, 0.15) is 5.76 Å². The first-order chi connectivity index (χ1) is 17.1. The van der Waals surface area contributed by atoms with E-state index in [-0.39, 0.29) is 11.7 Å². The van der Waals surface area contributed by atoms with E-state index in [2.05, 4.69) is 0 Å². The van der Waals surface area contributed by atoms with Crippen molar-refractivity contribution in [3.63, 3.8) is 0 Å². The third-order valence-electron chi connectivity index (χ3n) is 6.10. The lowest BCUT2D eigenvalue weighted by molar-refractivity contribution is 0.0937. The Balaban J connectivity index is 1.46. The Bertz CT molecular complexity index is 1410. The van der Waals surface area contributed by atoms with E-state index in [0.717, 1.165) is 25.1 Å². The molecule has 1 aliphatic heterocycles. The predicted octanol–water partition coefficient (Wildman–Crippen LogP) is 4.85. The normalized spacial score (nSPS) is 15.6. The fraction of sp³-hybridized carbons (Fsp3) is 0.346. The zero-order valence-electron chi connectivity index (χ0n) is 19.9. The molecule has 1 aliphatic rings. The molecule has 0 saturated carbocycles. The van der Waals surface area contributed by atoms with Gasteiger partial charge in [0.15, 0.2) is 16.7 Å². The largest absolute Gasteiger partial charge is 0.493 e. The lowest BCUT2D eigenvalue weighted by Crippen LogP contribution is -2.28. The molecule has 3 heterocycles. The van der Waals surface area contributed by atoms with Crippen molar-refractivity contribution < 1.29 is 18.6 Å². The van der Waals surface area contributed by atoms with Crippen LogP contribution in [0.4, 0.5) is 0 Å². The number of benzene rings is 2. The van der Waals surface area contributed by atoms with Gasteiger partial charge in [0.25, 0.3) is 5.56 Å². The van der Waals surface area contributed by atoms with Crippen molar-refractivity contribution in [1.29, 1.82) is 0 Å². The molecule has 1 fully saturated rings. The molecule has 2 aromatic heterocycles. The highest BCUT2D eigenvalue weighted by atomic mass is 32.2. The number of hydrogen-bond acceptors (Lipinski definition) is 8. The molecule has 4 aromatic rings. The number of para-hydroxylation sites is 2. The molecule has 0 spiro atoms. The van der Waals surface area contributed by atoms with Crippen molar-refractivity contribution in [2.24, 2.45) is 0 Å². The van der Waals surface area contributed by atoms with E-state index in [4.69, 9.17) is 28.6 Å². The number of ether oxygens (including phenoxy) is 3. The van der Waals surface area contributed by atoms with Crippen LogP contribution in [0.2, 0.25) is 0 Å². The lowest BCUT2D eigenvalue weighted by Gasteiger charge is -2.16. The van der Waals surface area contributed by atoms with Gasteiger partial charge in [0, 0.05) is 12.4 Å². The maximum Gasteiger partial charge on any atom is 0.262 e. The molecule has 182 valence electrons. The first-order valence-electron chi connectivity index (χ1n) is 11.5. The van der Waals surface area contributed by atoms with Crippen LogP contribution < -0.4 is 15.0 Å². The van der Waals surface area contributed by atoms with Crippen LogP contribution in [0.5, 0.6) is 11.5 Å². The maximum absolute atomic E-state index is 13.3. The maximum atomic E-state index is 13.3. The zero-order valence-corrected chi connectivity index (χ0v) is 20.8. The zero-order chi connectivity index (χ0) is 24.4. The highest BCUT2D eigenvalue weighted by molar-refractivity contribution is 7.98. The van der Waals surface area contributed by atoms with Crippen molar-refractivity contribution in [3.8, 4) is 23.0 Å². The third-order valence-corrected chi connectivity index (χ3v) is 7.09. The number of methoxy groups -OCH3 is 2. The Hall–Kier alpha value is -3.30. The molecule has 0 radical (unpaired) electrons. The Morgan fingerprint density at radius 1 is 1.11 bits per heavy atom. The summed E-state index contributed by atoms with van der Waals surface area (Å²) in [7, 11) is 3.18. The smallest absolute Gasteiger partial charge is 0.262 e. The average molecular weight is 494 g/mol. The van der Waals surface area contributed by atoms with Crippen LogP contribution in [0, 0.1) is 6.92 Å². The number of nitrogens with zero attached hydrogens (tertiary/aromatic N) is 3. The molecule has 0 N–H and O–H groups in total. The predicted molar refractivity (Wildman–Crippen MR) is 134 cm³/mol. The minimum atomic E-state index is -0.0488. The van der Waals surface area contributed by atoms with Gasteiger partial charge in [-0.3, -0.25) is 9.36 Å². The van der Waals surface area contributed by atoms with E-state index in [1.165, 1.54) is 11.8 Å². The van der Waals surface area contributed by atoms with Gasteiger partial charge in [-0.05, 0) is 44.0 Å². The molecule has 0 amide bonds. The Morgan fingerprint density at radius 3 is 2.74 bits per heavy atom. The summed E-state index contributed by atoms with van der Waals surface area (Å²) < 4.78 is 24.5. The Kier molecular flexibility index (Phi) is 6.79. The monoisotopic (exact) mass is 493 g/mol. The number of fused-ring (bicyclic) bond motifs is 1. The van der Waals surface area contributed by atoms with Gasteiger partial charge in [-0.25, -0.2) is 9.97 Å². The molecule has 35 heavy (non-hydrogen) atoms. The van der Waals surface area contributed by atoms with E-state index in [1.807, 2.05) is 49.4 Å². The third kappa shape index (κ3) is 4.66. The van der Waals surface area contributed by atoms with E-state index >= 15 is 0 Å². The van der Waals surface area contributed by atoms with Crippen LogP contribution in [0.3, 0.4) is 0 Å². The lowest BCUT2D eigenvalue weighted by atomic mass is 10.2. The number of oxazole rings is 1. The second kappa shape index (κ2) is 10.1. The number of thioether (sulfide) groups is 1. The summed E-state index contributed by atoms with van der Waals surface area (Å²) in [6.07, 6.45) is 1.98. The molecular formula is C26H27N3O5S. The summed E-state index contributed by atoms with van der Waals surface area (Å²) in [5.41, 5.74) is 2.13. The molecule has 1 saturated heterocycles. The van der Waals surface area contributed by atoms with Gasteiger partial charge >= 0.3 is 0 Å². The molecule has 0 aliphatic carbocycles. The summed E-state index contributed by atoms with van der Waals surface area (Å²) in [5.74, 6) is 2.83. The van der Waals surface area contributed by atoms with Gasteiger partial charge in [0.05, 0.1) is 49.0 Å². The number of hydrogen-bond donors (Lipinski definition) is 0. The van der Waals surface area contributed by atoms with Crippen LogP contribution in [0.25, 0.3) is 22.4 Å². The van der Waals surface area contributed by atoms with Crippen molar-refractivity contribution in [2.75, 3.05) is 20.8 Å². The minimum absolute atomic E-state index is 0.0240. The summed E-state index contributed by atoms with van der Waals surface area (Å²) in [6, 6.07) is 13.0. The number of aromatic nitrogens is 3. The average Bonchev–Trinajstić information content (AvgIpc) is 3.53. The van der Waals surface area contributed by atoms with Gasteiger partial charge in [0.2, 0.25) is 5.89 Å². The first kappa shape index (κ1) is 23.4. The van der Waals surface area contributed by atoms with Crippen LogP contribution in [0.1, 0.15) is 24.3 Å². The van der Waals surface area contributed by atoms with Gasteiger partial charge in [-0.1, -0.05) is 30.0 Å². The SMILES string of the molecule is COc1cccc(-c2nc(CSc3nc4ccccc4c(=O)n3C[C@@H]3CCCO3)c(C)o2)c1OC. The van der Waals surface area contributed by atoms with E-state index < -0.39 is 0 Å². The van der Waals surface area contributed by atoms with Crippen LogP contribution in [-0.4, -0.2) is 41.5 Å². The van der Waals surface area contributed by atoms with Crippen molar-refractivity contribution in [2.45, 2.75) is 43.3 Å². The van der Waals surface area contributed by atoms with Crippen molar-refractivity contribution in [1.82, 2.24) is 14.5 Å². The van der Waals surface area contributed by atoms with E-state index in [1.54, 1.807) is 18.8 Å². The van der Waals surface area contributed by atoms with Crippen LogP contribution in [-0.2, 0) is 17.0 Å². The molecule has 0 bridgehead atoms. The second-order valence-corrected chi connectivity index (χ2v) is 9.26. The molecule has 0 unspecified atom stereocenters. The summed E-state index contributed by atoms with van der Waals surface area (Å²) >= 11 is 1.47. The van der Waals surface area contributed by atoms with Crippen LogP contribution in [0.15, 0.2) is 56.8 Å². The number of rotatable bonds is 8. The molecule has 8 nitrogen and oxygen atoms in total.